The Morgan fingerprint density at radius 3 is 2.44 bits per heavy atom. The molecule has 0 amide bonds. The Morgan fingerprint density at radius 1 is 0.971 bits per heavy atom. The highest BCUT2D eigenvalue weighted by atomic mass is 35.5. The van der Waals surface area contributed by atoms with Gasteiger partial charge in [-0.2, -0.15) is 0 Å². The van der Waals surface area contributed by atoms with E-state index in [9.17, 15) is 0 Å². The van der Waals surface area contributed by atoms with E-state index in [2.05, 4.69) is 61.6 Å². The number of halogens is 1. The van der Waals surface area contributed by atoms with E-state index in [-0.39, 0.29) is 0 Å². The van der Waals surface area contributed by atoms with Crippen molar-refractivity contribution in [1.29, 1.82) is 0 Å². The van der Waals surface area contributed by atoms with Crippen molar-refractivity contribution >= 4 is 17.3 Å². The second-order valence-corrected chi connectivity index (χ2v) is 9.09. The van der Waals surface area contributed by atoms with Crippen molar-refractivity contribution in [3.8, 4) is 5.75 Å². The van der Waals surface area contributed by atoms with Gasteiger partial charge >= 0.3 is 0 Å². The van der Waals surface area contributed by atoms with Gasteiger partial charge in [-0.05, 0) is 85.8 Å². The Bertz CT molecular complexity index is 1080. The van der Waals surface area contributed by atoms with Crippen LogP contribution in [-0.2, 0) is 18.0 Å². The molecule has 1 unspecified atom stereocenters. The third kappa shape index (κ3) is 7.89. The van der Waals surface area contributed by atoms with Crippen molar-refractivity contribution in [2.45, 2.75) is 59.8 Å². The first-order chi connectivity index (χ1) is 16.5. The average Bonchev–Trinajstić information content (AvgIpc) is 2.83. The van der Waals surface area contributed by atoms with Crippen LogP contribution in [0.3, 0.4) is 0 Å². The van der Waals surface area contributed by atoms with Gasteiger partial charge in [0.05, 0.1) is 5.71 Å². The van der Waals surface area contributed by atoms with Gasteiger partial charge < -0.3 is 14.9 Å². The quantitative estimate of drug-likeness (QED) is 0.166. The molecule has 4 nitrogen and oxygen atoms in total. The van der Waals surface area contributed by atoms with E-state index in [0.29, 0.717) is 11.6 Å². The van der Waals surface area contributed by atoms with E-state index in [1.54, 1.807) is 0 Å². The molecule has 0 heterocycles. The van der Waals surface area contributed by atoms with Crippen LogP contribution in [0.1, 0.15) is 60.6 Å². The monoisotopic (exact) mass is 478 g/mol. The fourth-order valence-corrected chi connectivity index (χ4v) is 3.73. The third-order valence-electron chi connectivity index (χ3n) is 5.76. The molecule has 1 atom stereocenters. The van der Waals surface area contributed by atoms with Crippen LogP contribution in [0.2, 0.25) is 5.02 Å². The smallest absolute Gasteiger partial charge is 0.165 e. The molecular formula is C29H35ClN2O2. The number of oxime groups is 1. The number of hydrogen-bond donors (Lipinski definition) is 1. The van der Waals surface area contributed by atoms with Gasteiger partial charge in [-0.1, -0.05) is 72.6 Å². The van der Waals surface area contributed by atoms with Gasteiger partial charge in [0, 0.05) is 11.6 Å². The minimum absolute atomic E-state index is 0.396. The SMILES string of the molecule is CCCCNCc1ccc(CO/N=C(\C)C(Oc2ccc(C)c(C)c2)c2cccc(Cl)c2)cc1. The second-order valence-electron chi connectivity index (χ2n) is 8.65. The van der Waals surface area contributed by atoms with E-state index in [4.69, 9.17) is 21.2 Å². The lowest BCUT2D eigenvalue weighted by molar-refractivity contribution is 0.125. The second kappa shape index (κ2) is 13.2. The van der Waals surface area contributed by atoms with E-state index < -0.39 is 6.10 Å². The number of ether oxygens (including phenoxy) is 1. The summed E-state index contributed by atoms with van der Waals surface area (Å²) >= 11 is 6.26. The summed E-state index contributed by atoms with van der Waals surface area (Å²) in [7, 11) is 0. The summed E-state index contributed by atoms with van der Waals surface area (Å²) in [5.41, 5.74) is 6.39. The zero-order chi connectivity index (χ0) is 24.3. The maximum absolute atomic E-state index is 6.35. The topological polar surface area (TPSA) is 42.8 Å². The molecule has 180 valence electrons. The van der Waals surface area contributed by atoms with Crippen LogP contribution in [0.25, 0.3) is 0 Å². The molecule has 0 aliphatic carbocycles. The summed E-state index contributed by atoms with van der Waals surface area (Å²) in [5.74, 6) is 0.783. The Hall–Kier alpha value is -2.82. The molecule has 3 aromatic rings. The maximum atomic E-state index is 6.35. The van der Waals surface area contributed by atoms with Crippen molar-refractivity contribution in [2.75, 3.05) is 6.54 Å². The molecule has 0 fully saturated rings. The molecular weight excluding hydrogens is 444 g/mol. The Morgan fingerprint density at radius 2 is 1.74 bits per heavy atom. The van der Waals surface area contributed by atoms with Gasteiger partial charge in [-0.3, -0.25) is 0 Å². The summed E-state index contributed by atoms with van der Waals surface area (Å²) in [6.07, 6.45) is 2.00. The number of rotatable bonds is 12. The molecule has 0 aromatic heterocycles. The van der Waals surface area contributed by atoms with Crippen molar-refractivity contribution in [1.82, 2.24) is 5.32 Å². The minimum Gasteiger partial charge on any atom is -0.480 e. The highest BCUT2D eigenvalue weighted by Gasteiger charge is 2.19. The molecule has 0 aliphatic heterocycles. The normalized spacial score (nSPS) is 12.4. The van der Waals surface area contributed by atoms with Crippen LogP contribution < -0.4 is 10.1 Å². The number of aryl methyl sites for hydroxylation is 2. The number of unbranched alkanes of at least 4 members (excludes halogenated alkanes) is 1. The molecule has 0 saturated carbocycles. The molecule has 0 spiro atoms. The molecule has 5 heteroatoms. The molecule has 1 N–H and O–H groups in total. The van der Waals surface area contributed by atoms with Gasteiger partial charge in [-0.25, -0.2) is 0 Å². The van der Waals surface area contributed by atoms with E-state index in [1.165, 1.54) is 29.5 Å². The van der Waals surface area contributed by atoms with Crippen LogP contribution in [0.5, 0.6) is 5.75 Å². The largest absolute Gasteiger partial charge is 0.480 e. The number of nitrogens with one attached hydrogen (secondary N) is 1. The molecule has 3 aromatic carbocycles. The molecule has 0 bridgehead atoms. The summed E-state index contributed by atoms with van der Waals surface area (Å²) in [6, 6.07) is 22.2. The van der Waals surface area contributed by atoms with Crippen LogP contribution in [0.15, 0.2) is 71.9 Å². The number of hydrogen-bond acceptors (Lipinski definition) is 4. The first-order valence-electron chi connectivity index (χ1n) is 11.9. The molecule has 34 heavy (non-hydrogen) atoms. The maximum Gasteiger partial charge on any atom is 0.165 e. The highest BCUT2D eigenvalue weighted by molar-refractivity contribution is 6.30. The van der Waals surface area contributed by atoms with Crippen molar-refractivity contribution in [2.24, 2.45) is 5.16 Å². The Labute approximate surface area is 208 Å². The lowest BCUT2D eigenvalue weighted by Crippen LogP contribution is -2.17. The Kier molecular flexibility index (Phi) is 9.99. The fourth-order valence-electron chi connectivity index (χ4n) is 3.53. The number of nitrogens with zero attached hydrogens (tertiary/aromatic N) is 1. The third-order valence-corrected chi connectivity index (χ3v) is 6.00. The van der Waals surface area contributed by atoms with Gasteiger partial charge in [-0.15, -0.1) is 0 Å². The van der Waals surface area contributed by atoms with Gasteiger partial charge in [0.1, 0.15) is 12.4 Å². The van der Waals surface area contributed by atoms with E-state index in [0.717, 1.165) is 35.7 Å². The van der Waals surface area contributed by atoms with Gasteiger partial charge in [0.15, 0.2) is 6.10 Å². The van der Waals surface area contributed by atoms with Crippen LogP contribution >= 0.6 is 11.6 Å². The lowest BCUT2D eigenvalue weighted by Gasteiger charge is -2.20. The van der Waals surface area contributed by atoms with Gasteiger partial charge in [0.25, 0.3) is 0 Å². The first-order valence-corrected chi connectivity index (χ1v) is 12.3. The standard InChI is InChI=1S/C29H35ClN2O2/c1-5-6-16-31-19-24-11-13-25(14-12-24)20-33-32-23(4)29(26-8-7-9-27(30)18-26)34-28-15-10-21(2)22(3)17-28/h7-15,17-18,29,31H,5-6,16,19-20H2,1-4H3/b32-23+. The first kappa shape index (κ1) is 25.8. The Balaban J connectivity index is 1.66. The average molecular weight is 479 g/mol. The summed E-state index contributed by atoms with van der Waals surface area (Å²) in [5, 5.41) is 8.51. The van der Waals surface area contributed by atoms with Crippen LogP contribution in [0, 0.1) is 13.8 Å². The predicted octanol–water partition coefficient (Wildman–Crippen LogP) is 7.56. The van der Waals surface area contributed by atoms with Crippen LogP contribution in [-0.4, -0.2) is 12.3 Å². The van der Waals surface area contributed by atoms with Crippen molar-refractivity contribution < 1.29 is 9.57 Å². The predicted molar refractivity (Wildman–Crippen MR) is 142 cm³/mol. The summed E-state index contributed by atoms with van der Waals surface area (Å²) in [4.78, 5) is 5.71. The molecule has 0 radical (unpaired) electrons. The van der Waals surface area contributed by atoms with Crippen LogP contribution in [0.4, 0.5) is 0 Å². The molecule has 0 aliphatic rings. The minimum atomic E-state index is -0.405. The fraction of sp³-hybridized carbons (Fsp3) is 0.345. The molecule has 0 saturated heterocycles. The van der Waals surface area contributed by atoms with E-state index in [1.807, 2.05) is 43.3 Å². The lowest BCUT2D eigenvalue weighted by atomic mass is 10.1. The van der Waals surface area contributed by atoms with Crippen molar-refractivity contribution in [3.05, 3.63) is 99.6 Å². The zero-order valence-electron chi connectivity index (χ0n) is 20.6. The van der Waals surface area contributed by atoms with E-state index >= 15 is 0 Å². The summed E-state index contributed by atoms with van der Waals surface area (Å²) in [6.45, 7) is 10.6. The van der Waals surface area contributed by atoms with Crippen molar-refractivity contribution in [3.63, 3.8) is 0 Å². The van der Waals surface area contributed by atoms with Gasteiger partial charge in [0.2, 0.25) is 0 Å². The zero-order valence-corrected chi connectivity index (χ0v) is 21.4. The summed E-state index contributed by atoms with van der Waals surface area (Å²) < 4.78 is 6.35. The molecule has 3 rings (SSSR count). The highest BCUT2D eigenvalue weighted by Crippen LogP contribution is 2.27. The number of benzene rings is 3.